The number of aryl methyl sites for hydroxylation is 2. The van der Waals surface area contributed by atoms with Crippen molar-refractivity contribution in [2.45, 2.75) is 19.4 Å². The molecule has 4 aromatic rings. The number of aromatic nitrogens is 1. The highest BCUT2D eigenvalue weighted by Gasteiger charge is 2.49. The van der Waals surface area contributed by atoms with Crippen LogP contribution in [0.1, 0.15) is 28.4 Å². The number of amides is 3. The number of rotatable bonds is 5. The van der Waals surface area contributed by atoms with Gasteiger partial charge in [-0.25, -0.2) is 4.79 Å². The van der Waals surface area contributed by atoms with E-state index in [1.54, 1.807) is 6.92 Å². The van der Waals surface area contributed by atoms with Crippen molar-refractivity contribution < 1.29 is 14.4 Å². The van der Waals surface area contributed by atoms with E-state index in [-0.39, 0.29) is 12.3 Å². The van der Waals surface area contributed by atoms with Gasteiger partial charge in [-0.3, -0.25) is 14.5 Å². The van der Waals surface area contributed by atoms with Crippen LogP contribution in [0.3, 0.4) is 0 Å². The minimum Gasteiger partial charge on any atom is -0.343 e. The fourth-order valence-electron chi connectivity index (χ4n) is 4.76. The predicted molar refractivity (Wildman–Crippen MR) is 131 cm³/mol. The smallest absolute Gasteiger partial charge is 0.325 e. The van der Waals surface area contributed by atoms with Crippen molar-refractivity contribution in [3.05, 3.63) is 95.6 Å². The molecule has 0 spiro atoms. The molecule has 0 radical (unpaired) electrons. The first-order chi connectivity index (χ1) is 16.3. The van der Waals surface area contributed by atoms with Crippen molar-refractivity contribution >= 4 is 28.6 Å². The number of ketones is 1. The van der Waals surface area contributed by atoms with Crippen LogP contribution < -0.4 is 5.32 Å². The van der Waals surface area contributed by atoms with E-state index in [0.29, 0.717) is 11.1 Å². The molecule has 170 valence electrons. The quantitative estimate of drug-likeness (QED) is 0.350. The largest absolute Gasteiger partial charge is 0.343 e. The molecule has 34 heavy (non-hydrogen) atoms. The Balaban J connectivity index is 1.54. The fraction of sp³-hybridized carbons (Fsp3) is 0.179. The van der Waals surface area contributed by atoms with E-state index in [0.717, 1.165) is 32.6 Å². The van der Waals surface area contributed by atoms with Crippen LogP contribution in [0.2, 0.25) is 0 Å². The molecule has 1 fully saturated rings. The lowest BCUT2D eigenvalue weighted by molar-refractivity contribution is -0.130. The molecule has 3 amide bonds. The van der Waals surface area contributed by atoms with E-state index in [2.05, 4.69) is 5.32 Å². The number of para-hydroxylation sites is 1. The van der Waals surface area contributed by atoms with Crippen LogP contribution >= 0.6 is 0 Å². The Morgan fingerprint density at radius 1 is 0.912 bits per heavy atom. The van der Waals surface area contributed by atoms with Crippen molar-refractivity contribution in [1.82, 2.24) is 14.8 Å². The van der Waals surface area contributed by atoms with Crippen LogP contribution in [-0.4, -0.2) is 33.7 Å². The second-order valence-electron chi connectivity index (χ2n) is 8.90. The zero-order valence-corrected chi connectivity index (χ0v) is 19.3. The molecule has 1 N–H and O–H groups in total. The zero-order chi connectivity index (χ0) is 24.0. The minimum absolute atomic E-state index is 0.285. The lowest BCUT2D eigenvalue weighted by Crippen LogP contribution is -2.41. The third-order valence-corrected chi connectivity index (χ3v) is 6.64. The highest BCUT2D eigenvalue weighted by molar-refractivity contribution is 6.17. The molecule has 2 heterocycles. The average molecular weight is 452 g/mol. The van der Waals surface area contributed by atoms with Gasteiger partial charge in [-0.1, -0.05) is 78.4 Å². The SMILES string of the molecule is Cc1ccc(C2(C)NC(=O)N(CC(=O)c3c(-c4ccccc4)n(C)c4ccccc34)C2=O)cc1. The summed E-state index contributed by atoms with van der Waals surface area (Å²) in [6, 6.07) is 24.2. The van der Waals surface area contributed by atoms with Crippen LogP contribution in [0.5, 0.6) is 0 Å². The number of benzene rings is 3. The van der Waals surface area contributed by atoms with Gasteiger partial charge in [-0.15, -0.1) is 0 Å². The van der Waals surface area contributed by atoms with E-state index >= 15 is 0 Å². The van der Waals surface area contributed by atoms with Crippen LogP contribution in [0.4, 0.5) is 4.79 Å². The summed E-state index contributed by atoms with van der Waals surface area (Å²) in [5.41, 5.74) is 3.60. The zero-order valence-electron chi connectivity index (χ0n) is 19.3. The van der Waals surface area contributed by atoms with Gasteiger partial charge in [0.2, 0.25) is 0 Å². The lowest BCUT2D eigenvalue weighted by Gasteiger charge is -2.22. The van der Waals surface area contributed by atoms with Gasteiger partial charge in [-0.2, -0.15) is 0 Å². The number of hydrogen-bond acceptors (Lipinski definition) is 3. The molecular formula is C28H25N3O3. The predicted octanol–water partition coefficient (Wildman–Crippen LogP) is 4.80. The molecule has 0 saturated carbocycles. The number of Topliss-reactive ketones (excluding diaryl/α,β-unsaturated/α-hetero) is 1. The highest BCUT2D eigenvalue weighted by atomic mass is 16.2. The summed E-state index contributed by atoms with van der Waals surface area (Å²) in [5, 5.41) is 3.59. The summed E-state index contributed by atoms with van der Waals surface area (Å²) < 4.78 is 1.99. The summed E-state index contributed by atoms with van der Waals surface area (Å²) >= 11 is 0. The fourth-order valence-corrected chi connectivity index (χ4v) is 4.76. The summed E-state index contributed by atoms with van der Waals surface area (Å²) in [6.45, 7) is 3.30. The maximum Gasteiger partial charge on any atom is 0.325 e. The molecule has 6 heteroatoms. The van der Waals surface area contributed by atoms with Gasteiger partial charge in [0.05, 0.1) is 17.8 Å². The maximum atomic E-state index is 13.7. The van der Waals surface area contributed by atoms with E-state index in [9.17, 15) is 14.4 Å². The van der Waals surface area contributed by atoms with Crippen LogP contribution in [-0.2, 0) is 17.4 Å². The first kappa shape index (κ1) is 21.6. The summed E-state index contributed by atoms with van der Waals surface area (Å²) in [5.74, 6) is -0.719. The number of urea groups is 1. The molecule has 1 aliphatic rings. The Morgan fingerprint density at radius 2 is 1.56 bits per heavy atom. The van der Waals surface area contributed by atoms with E-state index in [4.69, 9.17) is 0 Å². The minimum atomic E-state index is -1.22. The third kappa shape index (κ3) is 3.30. The lowest BCUT2D eigenvalue weighted by atomic mass is 9.91. The molecule has 0 bridgehead atoms. The second-order valence-corrected chi connectivity index (χ2v) is 8.90. The van der Waals surface area contributed by atoms with Gasteiger partial charge in [0.15, 0.2) is 5.78 Å². The van der Waals surface area contributed by atoms with Gasteiger partial charge in [0, 0.05) is 18.0 Å². The Kier molecular flexibility index (Phi) is 5.09. The Morgan fingerprint density at radius 3 is 2.26 bits per heavy atom. The normalized spacial score (nSPS) is 17.9. The van der Waals surface area contributed by atoms with E-state index in [1.807, 2.05) is 97.4 Å². The number of nitrogens with one attached hydrogen (secondary N) is 1. The third-order valence-electron chi connectivity index (χ3n) is 6.64. The van der Waals surface area contributed by atoms with Crippen LogP contribution in [0.25, 0.3) is 22.2 Å². The topological polar surface area (TPSA) is 71.4 Å². The molecule has 3 aromatic carbocycles. The Labute approximate surface area is 197 Å². The van der Waals surface area contributed by atoms with Gasteiger partial charge >= 0.3 is 6.03 Å². The Hall–Kier alpha value is -4.19. The number of hydrogen-bond donors (Lipinski definition) is 1. The van der Waals surface area contributed by atoms with Crippen molar-refractivity contribution in [3.63, 3.8) is 0 Å². The first-order valence-corrected chi connectivity index (χ1v) is 11.2. The van der Waals surface area contributed by atoms with E-state index in [1.165, 1.54) is 0 Å². The molecule has 0 aliphatic carbocycles. The summed E-state index contributed by atoms with van der Waals surface area (Å²) in [7, 11) is 1.92. The molecule has 1 atom stereocenters. The van der Waals surface area contributed by atoms with E-state index < -0.39 is 17.5 Å². The van der Waals surface area contributed by atoms with Crippen molar-refractivity contribution in [3.8, 4) is 11.3 Å². The molecule has 1 aromatic heterocycles. The number of nitrogens with zero attached hydrogens (tertiary/aromatic N) is 2. The second kappa shape index (κ2) is 7.99. The Bertz CT molecular complexity index is 1440. The molecule has 6 nitrogen and oxygen atoms in total. The monoisotopic (exact) mass is 451 g/mol. The van der Waals surface area contributed by atoms with Crippen molar-refractivity contribution in [2.24, 2.45) is 7.05 Å². The maximum absolute atomic E-state index is 13.7. The number of fused-ring (bicyclic) bond motifs is 1. The standard InChI is InChI=1S/C28H25N3O3/c1-18-13-15-20(16-14-18)28(2)26(33)31(27(34)29-28)17-23(32)24-21-11-7-8-12-22(21)30(3)25(24)19-9-5-4-6-10-19/h4-16H,17H2,1-3H3,(H,29,34). The van der Waals surface area contributed by atoms with Crippen LogP contribution in [0.15, 0.2) is 78.9 Å². The molecular weight excluding hydrogens is 426 g/mol. The highest BCUT2D eigenvalue weighted by Crippen LogP contribution is 2.34. The number of carbonyl (C=O) groups excluding carboxylic acids is 3. The molecule has 1 saturated heterocycles. The summed E-state index contributed by atoms with van der Waals surface area (Å²) in [4.78, 5) is 41.0. The van der Waals surface area contributed by atoms with Gasteiger partial charge < -0.3 is 9.88 Å². The van der Waals surface area contributed by atoms with Gasteiger partial charge in [0.1, 0.15) is 5.54 Å². The average Bonchev–Trinajstić information content (AvgIpc) is 3.26. The van der Waals surface area contributed by atoms with Gasteiger partial charge in [-0.05, 0) is 31.0 Å². The van der Waals surface area contributed by atoms with Crippen molar-refractivity contribution in [2.75, 3.05) is 6.54 Å². The van der Waals surface area contributed by atoms with Crippen LogP contribution in [0, 0.1) is 6.92 Å². The number of carbonyl (C=O) groups is 3. The molecule has 5 rings (SSSR count). The van der Waals surface area contributed by atoms with Gasteiger partial charge in [0.25, 0.3) is 5.91 Å². The number of imide groups is 1. The molecule has 1 unspecified atom stereocenters. The van der Waals surface area contributed by atoms with Crippen molar-refractivity contribution in [1.29, 1.82) is 0 Å². The molecule has 1 aliphatic heterocycles. The first-order valence-electron chi connectivity index (χ1n) is 11.2. The summed E-state index contributed by atoms with van der Waals surface area (Å²) in [6.07, 6.45) is 0.